The summed E-state index contributed by atoms with van der Waals surface area (Å²) in [4.78, 5) is 4.30. The maximum atomic E-state index is 5.94. The van der Waals surface area contributed by atoms with Gasteiger partial charge in [-0.3, -0.25) is 0 Å². The summed E-state index contributed by atoms with van der Waals surface area (Å²) < 4.78 is 1.82. The van der Waals surface area contributed by atoms with Gasteiger partial charge in [-0.25, -0.2) is 9.67 Å². The van der Waals surface area contributed by atoms with Crippen LogP contribution in [-0.2, 0) is 0 Å². The molecule has 0 bridgehead atoms. The Morgan fingerprint density at radius 1 is 1.11 bits per heavy atom. The highest BCUT2D eigenvalue weighted by Crippen LogP contribution is 2.13. The van der Waals surface area contributed by atoms with E-state index in [0.717, 1.165) is 28.4 Å². The molecule has 1 aromatic heterocycles. The van der Waals surface area contributed by atoms with Gasteiger partial charge in [0, 0.05) is 29.6 Å². The monoisotopic (exact) mass is 241 g/mol. The average molecular weight is 240 g/mol. The van der Waals surface area contributed by atoms with Gasteiger partial charge in [-0.05, 0) is 32.4 Å². The summed E-state index contributed by atoms with van der Waals surface area (Å²) in [5.41, 5.74) is 2.96. The molecule has 0 aliphatic heterocycles. The van der Waals surface area contributed by atoms with E-state index in [1.54, 1.807) is 0 Å². The quantitative estimate of drug-likeness (QED) is 0.675. The molecule has 86 valence electrons. The van der Waals surface area contributed by atoms with Crippen LogP contribution in [0, 0.1) is 20.8 Å². The largest absolute Gasteiger partial charge is 0.218 e. The van der Waals surface area contributed by atoms with E-state index in [1.807, 2.05) is 43.7 Å². The van der Waals surface area contributed by atoms with Crippen LogP contribution >= 0.6 is 0 Å². The number of hydrogen-bond acceptors (Lipinski definition) is 2. The molecule has 19 heavy (non-hydrogen) atoms. The molecule has 6 radical (unpaired) electrons. The first-order chi connectivity index (χ1) is 8.90. The fraction of sp³-hybridized carbons (Fsp3) is 0.273. The van der Waals surface area contributed by atoms with Crippen molar-refractivity contribution in [3.05, 3.63) is 35.4 Å². The highest BCUT2D eigenvalue weighted by molar-refractivity contribution is 7.69. The number of rotatable bonds is 3. The molecule has 0 N–H and O–H groups in total. The predicted molar refractivity (Wildman–Crippen MR) is 84.0 cm³/mol. The number of hydrogen-bond donors (Lipinski definition) is 0. The normalized spacial score (nSPS) is 10.5. The van der Waals surface area contributed by atoms with Crippen LogP contribution in [0.3, 0.4) is 0 Å². The zero-order valence-corrected chi connectivity index (χ0v) is 11.5. The van der Waals surface area contributed by atoms with Crippen LogP contribution in [0.4, 0.5) is 0 Å². The summed E-state index contributed by atoms with van der Waals surface area (Å²) in [6.45, 7) is 5.43. The van der Waals surface area contributed by atoms with Crippen LogP contribution in [0.25, 0.3) is 5.69 Å². The van der Waals surface area contributed by atoms with Crippen molar-refractivity contribution in [2.75, 3.05) is 0 Å². The SMILES string of the molecule is [B]B([B])B([B])c1ccc(-n2nc(C)nc2C)c(C)c1. The number of aryl methyl sites for hydroxylation is 3. The Morgan fingerprint density at radius 2 is 1.79 bits per heavy atom. The molecule has 0 atom stereocenters. The lowest BCUT2D eigenvalue weighted by Crippen LogP contribution is -2.48. The van der Waals surface area contributed by atoms with Crippen LogP contribution in [0.2, 0.25) is 0 Å². The third kappa shape index (κ3) is 2.83. The zero-order valence-electron chi connectivity index (χ0n) is 11.5. The Hall–Kier alpha value is -1.32. The average Bonchev–Trinajstić information content (AvgIpc) is 2.67. The minimum atomic E-state index is -0.569. The summed E-state index contributed by atoms with van der Waals surface area (Å²) in [6, 6.07) is 5.88. The summed E-state index contributed by atoms with van der Waals surface area (Å²) in [5, 5.41) is 4.38. The van der Waals surface area contributed by atoms with E-state index in [2.05, 4.69) is 10.1 Å². The number of nitrogens with zero attached hydrogens (tertiary/aromatic N) is 3. The van der Waals surface area contributed by atoms with Crippen LogP contribution in [0.5, 0.6) is 0 Å². The van der Waals surface area contributed by atoms with Gasteiger partial charge >= 0.3 is 0 Å². The van der Waals surface area contributed by atoms with Gasteiger partial charge < -0.3 is 0 Å². The second-order valence-corrected chi connectivity index (χ2v) is 4.77. The van der Waals surface area contributed by atoms with Crippen molar-refractivity contribution in [3.8, 4) is 5.69 Å². The molecule has 0 unspecified atom stereocenters. The lowest BCUT2D eigenvalue weighted by molar-refractivity contribution is 0.825. The van der Waals surface area contributed by atoms with Crippen molar-refractivity contribution in [1.29, 1.82) is 0 Å². The first-order valence-corrected chi connectivity index (χ1v) is 6.18. The molecule has 1 aromatic carbocycles. The van der Waals surface area contributed by atoms with Gasteiger partial charge in [0.2, 0.25) is 0 Å². The van der Waals surface area contributed by atoms with Gasteiger partial charge in [0.15, 0.2) is 0 Å². The van der Waals surface area contributed by atoms with E-state index in [4.69, 9.17) is 23.2 Å². The van der Waals surface area contributed by atoms with E-state index in [1.165, 1.54) is 0 Å². The smallest absolute Gasteiger partial charge is 0.148 e. The van der Waals surface area contributed by atoms with Crippen LogP contribution < -0.4 is 5.46 Å². The molecule has 0 saturated carbocycles. The van der Waals surface area contributed by atoms with Gasteiger partial charge in [-0.1, -0.05) is 17.6 Å². The number of benzene rings is 1. The Morgan fingerprint density at radius 3 is 2.26 bits per heavy atom. The van der Waals surface area contributed by atoms with Crippen molar-refractivity contribution in [2.45, 2.75) is 20.8 Å². The van der Waals surface area contributed by atoms with Crippen LogP contribution in [0.15, 0.2) is 18.2 Å². The first kappa shape index (κ1) is 14.1. The van der Waals surface area contributed by atoms with Crippen molar-refractivity contribution >= 4 is 41.6 Å². The van der Waals surface area contributed by atoms with Crippen molar-refractivity contribution in [1.82, 2.24) is 14.8 Å². The third-order valence-electron chi connectivity index (χ3n) is 3.12. The van der Waals surface area contributed by atoms with Gasteiger partial charge in [-0.15, -0.1) is 0 Å². The van der Waals surface area contributed by atoms with E-state index in [0.29, 0.717) is 0 Å². The molecule has 0 spiro atoms. The van der Waals surface area contributed by atoms with E-state index < -0.39 is 6.39 Å². The standard InChI is InChI=1S/C11H12B5N3/c1-7-6-10(15(12)16(13)14)4-5-11(7)19-9(3)17-8(2)18-19/h4-6H,1-3H3. The lowest BCUT2D eigenvalue weighted by Gasteiger charge is -2.15. The topological polar surface area (TPSA) is 30.7 Å². The molecule has 2 rings (SSSR count). The molecule has 3 nitrogen and oxygen atoms in total. The highest BCUT2D eigenvalue weighted by Gasteiger charge is 2.15. The van der Waals surface area contributed by atoms with Gasteiger partial charge in [0.1, 0.15) is 11.6 Å². The van der Waals surface area contributed by atoms with Gasteiger partial charge in [0.05, 0.1) is 12.2 Å². The third-order valence-corrected chi connectivity index (χ3v) is 3.12. The van der Waals surface area contributed by atoms with Gasteiger partial charge in [0.25, 0.3) is 0 Å². The lowest BCUT2D eigenvalue weighted by atomic mass is 8.86. The molecule has 8 heteroatoms. The summed E-state index contributed by atoms with van der Waals surface area (Å²) in [7, 11) is 17.2. The molecule has 0 fully saturated rings. The van der Waals surface area contributed by atoms with Gasteiger partial charge in [-0.2, -0.15) is 5.10 Å². The summed E-state index contributed by atoms with van der Waals surface area (Å²) in [6.07, 6.45) is -0.569. The second kappa shape index (κ2) is 5.36. The Labute approximate surface area is 118 Å². The van der Waals surface area contributed by atoms with E-state index >= 15 is 0 Å². The van der Waals surface area contributed by atoms with E-state index in [-0.39, 0.29) is 6.49 Å². The molecule has 1 heterocycles. The first-order valence-electron chi connectivity index (χ1n) is 6.18. The molecule has 0 aliphatic carbocycles. The van der Waals surface area contributed by atoms with E-state index in [9.17, 15) is 0 Å². The molecule has 2 aromatic rings. The molecular weight excluding hydrogens is 228 g/mol. The fourth-order valence-electron chi connectivity index (χ4n) is 2.10. The predicted octanol–water partition coefficient (Wildman–Crippen LogP) is -0.537. The molecule has 0 amide bonds. The van der Waals surface area contributed by atoms with Crippen LogP contribution in [0.1, 0.15) is 17.2 Å². The minimum absolute atomic E-state index is 0.369. The Kier molecular flexibility index (Phi) is 3.97. The molecular formula is C11H12B5N3. The minimum Gasteiger partial charge on any atom is -0.218 e. The molecule has 0 aliphatic rings. The molecule has 0 saturated heterocycles. The summed E-state index contributed by atoms with van der Waals surface area (Å²) in [5.74, 6) is 1.61. The highest BCUT2D eigenvalue weighted by atomic mass is 15.3. The van der Waals surface area contributed by atoms with Crippen molar-refractivity contribution in [2.24, 2.45) is 0 Å². The van der Waals surface area contributed by atoms with Crippen molar-refractivity contribution < 1.29 is 0 Å². The maximum Gasteiger partial charge on any atom is 0.148 e. The zero-order chi connectivity index (χ0) is 14.2. The Bertz CT molecular complexity index is 596. The second-order valence-electron chi connectivity index (χ2n) is 4.77. The number of aromatic nitrogens is 3. The van der Waals surface area contributed by atoms with Crippen molar-refractivity contribution in [3.63, 3.8) is 0 Å². The maximum absolute atomic E-state index is 5.94. The van der Waals surface area contributed by atoms with Crippen LogP contribution in [-0.4, -0.2) is 50.9 Å². The Balaban J connectivity index is 2.42. The fourth-order valence-corrected chi connectivity index (χ4v) is 2.10. The summed E-state index contributed by atoms with van der Waals surface area (Å²) >= 11 is 0.